The molecule has 0 aliphatic carbocycles. The molecule has 1 N–H and O–H groups in total. The lowest BCUT2D eigenvalue weighted by Gasteiger charge is -2.32. The Morgan fingerprint density at radius 1 is 1.45 bits per heavy atom. The monoisotopic (exact) mass is 280 g/mol. The average molecular weight is 280 g/mol. The molecule has 1 unspecified atom stereocenters. The highest BCUT2D eigenvalue weighted by molar-refractivity contribution is 5.95. The zero-order chi connectivity index (χ0) is 14.5. The first-order valence-corrected chi connectivity index (χ1v) is 6.54. The van der Waals surface area contributed by atoms with E-state index in [0.717, 1.165) is 0 Å². The van der Waals surface area contributed by atoms with Gasteiger partial charge in [-0.15, -0.1) is 0 Å². The molecule has 1 aliphatic heterocycles. The Balaban J connectivity index is 1.99. The fraction of sp³-hybridized carbons (Fsp3) is 0.429. The fourth-order valence-corrected chi connectivity index (χ4v) is 1.97. The fourth-order valence-electron chi connectivity index (χ4n) is 1.97. The van der Waals surface area contributed by atoms with Crippen LogP contribution in [-0.2, 0) is 14.3 Å². The minimum absolute atomic E-state index is 0.0377. The molecule has 108 valence electrons. The van der Waals surface area contributed by atoms with Crippen molar-refractivity contribution in [2.75, 3.05) is 24.6 Å². The molecular formula is C14H17FN2O3. The van der Waals surface area contributed by atoms with Crippen LogP contribution in [0, 0.1) is 5.82 Å². The SMILES string of the molecule is CCC(=O)NCC1CN(c2ccc(F)cc2)C(=O)CO1. The Labute approximate surface area is 116 Å². The summed E-state index contributed by atoms with van der Waals surface area (Å²) in [5, 5.41) is 2.74. The second kappa shape index (κ2) is 6.47. The zero-order valence-electron chi connectivity index (χ0n) is 11.3. The van der Waals surface area contributed by atoms with Crippen LogP contribution in [0.2, 0.25) is 0 Å². The van der Waals surface area contributed by atoms with E-state index in [1.54, 1.807) is 24.0 Å². The van der Waals surface area contributed by atoms with Gasteiger partial charge in [0.05, 0.1) is 12.6 Å². The first kappa shape index (κ1) is 14.5. The van der Waals surface area contributed by atoms with Gasteiger partial charge in [0.25, 0.3) is 5.91 Å². The number of anilines is 1. The second-order valence-electron chi connectivity index (χ2n) is 4.57. The minimum atomic E-state index is -0.346. The molecule has 1 aliphatic rings. The number of morpholine rings is 1. The van der Waals surface area contributed by atoms with Crippen LogP contribution >= 0.6 is 0 Å². The molecule has 0 saturated carbocycles. The number of ether oxygens (including phenoxy) is 1. The summed E-state index contributed by atoms with van der Waals surface area (Å²) in [5.41, 5.74) is 0.631. The van der Waals surface area contributed by atoms with Crippen molar-refractivity contribution in [3.05, 3.63) is 30.1 Å². The van der Waals surface area contributed by atoms with Crippen molar-refractivity contribution in [2.24, 2.45) is 0 Å². The van der Waals surface area contributed by atoms with Crippen LogP contribution in [0.3, 0.4) is 0 Å². The number of hydrogen-bond donors (Lipinski definition) is 1. The molecule has 20 heavy (non-hydrogen) atoms. The summed E-state index contributed by atoms with van der Waals surface area (Å²) in [4.78, 5) is 24.6. The molecule has 6 heteroatoms. The average Bonchev–Trinajstić information content (AvgIpc) is 2.47. The highest BCUT2D eigenvalue weighted by Crippen LogP contribution is 2.18. The highest BCUT2D eigenvalue weighted by Gasteiger charge is 2.27. The van der Waals surface area contributed by atoms with E-state index in [2.05, 4.69) is 5.32 Å². The Morgan fingerprint density at radius 3 is 2.80 bits per heavy atom. The van der Waals surface area contributed by atoms with Crippen LogP contribution in [0.15, 0.2) is 24.3 Å². The second-order valence-corrected chi connectivity index (χ2v) is 4.57. The lowest BCUT2D eigenvalue weighted by Crippen LogP contribution is -2.50. The van der Waals surface area contributed by atoms with Crippen molar-refractivity contribution in [3.8, 4) is 0 Å². The molecule has 2 amide bonds. The molecule has 0 aromatic heterocycles. The maximum absolute atomic E-state index is 12.9. The molecule has 5 nitrogen and oxygen atoms in total. The molecule has 1 fully saturated rings. The maximum Gasteiger partial charge on any atom is 0.253 e. The smallest absolute Gasteiger partial charge is 0.253 e. The van der Waals surface area contributed by atoms with Gasteiger partial charge in [-0.2, -0.15) is 0 Å². The quantitative estimate of drug-likeness (QED) is 0.898. The molecule has 0 spiro atoms. The van der Waals surface area contributed by atoms with Crippen LogP contribution in [0.5, 0.6) is 0 Å². The van der Waals surface area contributed by atoms with E-state index in [-0.39, 0.29) is 30.3 Å². The molecule has 1 atom stereocenters. The standard InChI is InChI=1S/C14H17FN2O3/c1-2-13(18)16-7-12-8-17(14(19)9-20-12)11-5-3-10(15)4-6-11/h3-6,12H,2,7-9H2,1H3,(H,16,18). The maximum atomic E-state index is 12.9. The molecule has 0 bridgehead atoms. The van der Waals surface area contributed by atoms with Crippen molar-refractivity contribution < 1.29 is 18.7 Å². The van der Waals surface area contributed by atoms with Gasteiger partial charge in [0.15, 0.2) is 0 Å². The van der Waals surface area contributed by atoms with Crippen LogP contribution in [-0.4, -0.2) is 37.6 Å². The van der Waals surface area contributed by atoms with E-state index >= 15 is 0 Å². The van der Waals surface area contributed by atoms with Gasteiger partial charge in [-0.3, -0.25) is 9.59 Å². The molecule has 2 rings (SSSR count). The summed E-state index contributed by atoms with van der Waals surface area (Å²) in [6.07, 6.45) is 0.154. The summed E-state index contributed by atoms with van der Waals surface area (Å²) in [7, 11) is 0. The van der Waals surface area contributed by atoms with Crippen molar-refractivity contribution >= 4 is 17.5 Å². The number of benzene rings is 1. The van der Waals surface area contributed by atoms with E-state index in [9.17, 15) is 14.0 Å². The van der Waals surface area contributed by atoms with Gasteiger partial charge in [-0.1, -0.05) is 6.92 Å². The minimum Gasteiger partial charge on any atom is -0.365 e. The number of carbonyl (C=O) groups is 2. The van der Waals surface area contributed by atoms with Gasteiger partial charge in [0.1, 0.15) is 12.4 Å². The van der Waals surface area contributed by atoms with E-state index in [1.807, 2.05) is 0 Å². The Bertz CT molecular complexity index is 490. The van der Waals surface area contributed by atoms with Crippen molar-refractivity contribution in [2.45, 2.75) is 19.4 Å². The van der Waals surface area contributed by atoms with Crippen molar-refractivity contribution in [1.82, 2.24) is 5.32 Å². The normalized spacial score (nSPS) is 19.0. The number of amides is 2. The first-order valence-electron chi connectivity index (χ1n) is 6.54. The number of rotatable bonds is 4. The first-order chi connectivity index (χ1) is 9.60. The summed E-state index contributed by atoms with van der Waals surface area (Å²) >= 11 is 0. The number of halogens is 1. The highest BCUT2D eigenvalue weighted by atomic mass is 19.1. The molecule has 1 saturated heterocycles. The summed E-state index contributed by atoms with van der Waals surface area (Å²) in [6, 6.07) is 5.73. The Morgan fingerprint density at radius 2 is 2.15 bits per heavy atom. The van der Waals surface area contributed by atoms with Crippen LogP contribution < -0.4 is 10.2 Å². The van der Waals surface area contributed by atoms with Gasteiger partial charge in [-0.25, -0.2) is 4.39 Å². The molecule has 1 aromatic carbocycles. The van der Waals surface area contributed by atoms with Gasteiger partial charge < -0.3 is 15.0 Å². The summed E-state index contributed by atoms with van der Waals surface area (Å²) < 4.78 is 18.3. The van der Waals surface area contributed by atoms with Crippen LogP contribution in [0.4, 0.5) is 10.1 Å². The Hall–Kier alpha value is -1.95. The lowest BCUT2D eigenvalue weighted by atomic mass is 10.2. The lowest BCUT2D eigenvalue weighted by molar-refractivity contribution is -0.129. The van der Waals surface area contributed by atoms with Gasteiger partial charge in [-0.05, 0) is 24.3 Å². The third kappa shape index (κ3) is 3.54. The molecule has 0 radical (unpaired) electrons. The third-order valence-electron chi connectivity index (χ3n) is 3.12. The van der Waals surface area contributed by atoms with E-state index in [1.165, 1.54) is 12.1 Å². The summed E-state index contributed by atoms with van der Waals surface area (Å²) in [6.45, 7) is 2.43. The third-order valence-corrected chi connectivity index (χ3v) is 3.12. The topological polar surface area (TPSA) is 58.6 Å². The van der Waals surface area contributed by atoms with Crippen LogP contribution in [0.1, 0.15) is 13.3 Å². The number of nitrogens with one attached hydrogen (secondary N) is 1. The number of hydrogen-bond acceptors (Lipinski definition) is 3. The number of nitrogens with zero attached hydrogens (tertiary/aromatic N) is 1. The molecule has 1 aromatic rings. The van der Waals surface area contributed by atoms with E-state index in [4.69, 9.17) is 4.74 Å². The number of carbonyl (C=O) groups excluding carboxylic acids is 2. The van der Waals surface area contributed by atoms with E-state index in [0.29, 0.717) is 25.2 Å². The zero-order valence-corrected chi connectivity index (χ0v) is 11.3. The van der Waals surface area contributed by atoms with Gasteiger partial charge in [0, 0.05) is 18.7 Å². The van der Waals surface area contributed by atoms with E-state index < -0.39 is 0 Å². The van der Waals surface area contributed by atoms with Crippen LogP contribution in [0.25, 0.3) is 0 Å². The predicted octanol–water partition coefficient (Wildman–Crippen LogP) is 1.08. The van der Waals surface area contributed by atoms with Gasteiger partial charge >= 0.3 is 0 Å². The van der Waals surface area contributed by atoms with Crippen molar-refractivity contribution in [1.29, 1.82) is 0 Å². The Kier molecular flexibility index (Phi) is 4.68. The predicted molar refractivity (Wildman–Crippen MR) is 71.8 cm³/mol. The largest absolute Gasteiger partial charge is 0.365 e. The molecular weight excluding hydrogens is 263 g/mol. The summed E-state index contributed by atoms with van der Waals surface area (Å²) in [5.74, 6) is -0.574. The molecule has 1 heterocycles. The van der Waals surface area contributed by atoms with Crippen molar-refractivity contribution in [3.63, 3.8) is 0 Å². The van der Waals surface area contributed by atoms with Gasteiger partial charge in [0.2, 0.25) is 5.91 Å².